The molecule has 0 spiro atoms. The van der Waals surface area contributed by atoms with E-state index in [0.717, 1.165) is 0 Å². The van der Waals surface area contributed by atoms with E-state index < -0.39 is 0 Å². The number of carbonyl (C=O) groups excluding carboxylic acids is 2. The minimum absolute atomic E-state index is 0.0491. The zero-order valence-corrected chi connectivity index (χ0v) is 8.60. The topological polar surface area (TPSA) is 48.3 Å². The van der Waals surface area contributed by atoms with Crippen LogP contribution in [0.2, 0.25) is 0 Å². The maximum atomic E-state index is 11.8. The van der Waals surface area contributed by atoms with E-state index in [4.69, 9.17) is 4.74 Å². The number of ether oxygens (including phenoxy) is 1. The highest BCUT2D eigenvalue weighted by Crippen LogP contribution is 2.23. The second kappa shape index (κ2) is 3.88. The molecule has 0 fully saturated rings. The van der Waals surface area contributed by atoms with Crippen LogP contribution in [0.25, 0.3) is 0 Å². The van der Waals surface area contributed by atoms with Gasteiger partial charge in [-0.1, -0.05) is 0 Å². The Labute approximate surface area is 87.8 Å². The van der Waals surface area contributed by atoms with Crippen molar-refractivity contribution in [2.75, 3.05) is 6.61 Å². The fourth-order valence-electron chi connectivity index (χ4n) is 1.90. The van der Waals surface area contributed by atoms with E-state index >= 15 is 0 Å². The van der Waals surface area contributed by atoms with Crippen molar-refractivity contribution < 1.29 is 14.3 Å². The summed E-state index contributed by atoms with van der Waals surface area (Å²) in [5, 5.41) is 0. The van der Waals surface area contributed by atoms with Gasteiger partial charge in [0.1, 0.15) is 0 Å². The van der Waals surface area contributed by atoms with E-state index in [2.05, 4.69) is 0 Å². The molecule has 15 heavy (non-hydrogen) atoms. The van der Waals surface area contributed by atoms with Gasteiger partial charge in [-0.3, -0.25) is 9.59 Å². The first kappa shape index (κ1) is 9.96. The second-order valence-electron chi connectivity index (χ2n) is 3.62. The lowest BCUT2D eigenvalue weighted by atomic mass is 10.0. The molecule has 0 aromatic carbocycles. The largest absolute Gasteiger partial charge is 0.466 e. The molecule has 2 heterocycles. The van der Waals surface area contributed by atoms with E-state index in [1.54, 1.807) is 13.0 Å². The Hall–Kier alpha value is -1.58. The van der Waals surface area contributed by atoms with Crippen LogP contribution in [0.3, 0.4) is 0 Å². The van der Waals surface area contributed by atoms with Crippen LogP contribution in [-0.4, -0.2) is 22.9 Å². The summed E-state index contributed by atoms with van der Waals surface area (Å²) in [6.07, 6.45) is 2.05. The smallest absolute Gasteiger partial charge is 0.306 e. The number of hydrogen-bond acceptors (Lipinski definition) is 3. The standard InChI is InChI=1S/C11H13NO3/c1-2-15-10(13)6-8-7-12-5-3-4-9(12)11(8)14/h3-5,8H,2,6-7H2,1H3/t8-/m1/s1. The summed E-state index contributed by atoms with van der Waals surface area (Å²) in [4.78, 5) is 23.0. The van der Waals surface area contributed by atoms with E-state index in [1.165, 1.54) is 0 Å². The molecule has 4 nitrogen and oxygen atoms in total. The minimum Gasteiger partial charge on any atom is -0.466 e. The fourth-order valence-corrected chi connectivity index (χ4v) is 1.90. The zero-order chi connectivity index (χ0) is 10.8. The predicted octanol–water partition coefficient (Wildman–Crippen LogP) is 1.25. The van der Waals surface area contributed by atoms with Crippen molar-refractivity contribution >= 4 is 11.8 Å². The Kier molecular flexibility index (Phi) is 2.58. The summed E-state index contributed by atoms with van der Waals surface area (Å²) in [6, 6.07) is 3.63. The van der Waals surface area contributed by atoms with Gasteiger partial charge in [-0.05, 0) is 19.1 Å². The molecular formula is C11H13NO3. The number of ketones is 1. The molecule has 0 N–H and O–H groups in total. The van der Waals surface area contributed by atoms with Crippen LogP contribution in [-0.2, 0) is 16.1 Å². The van der Waals surface area contributed by atoms with Crippen molar-refractivity contribution in [3.05, 3.63) is 24.0 Å². The molecular weight excluding hydrogens is 194 g/mol. The van der Waals surface area contributed by atoms with Crippen LogP contribution < -0.4 is 0 Å². The molecule has 0 unspecified atom stereocenters. The van der Waals surface area contributed by atoms with Crippen molar-refractivity contribution in [2.24, 2.45) is 5.92 Å². The van der Waals surface area contributed by atoms with Gasteiger partial charge in [-0.2, -0.15) is 0 Å². The Balaban J connectivity index is 2.01. The van der Waals surface area contributed by atoms with Crippen molar-refractivity contribution in [2.45, 2.75) is 19.9 Å². The van der Waals surface area contributed by atoms with Crippen LogP contribution in [0.5, 0.6) is 0 Å². The van der Waals surface area contributed by atoms with E-state index in [1.807, 2.05) is 16.8 Å². The lowest BCUT2D eigenvalue weighted by Crippen LogP contribution is -2.16. The maximum Gasteiger partial charge on any atom is 0.306 e. The molecule has 0 aliphatic carbocycles. The SMILES string of the molecule is CCOC(=O)C[C@@H]1Cn2cccc2C1=O. The number of fused-ring (bicyclic) bond motifs is 1. The van der Waals surface area contributed by atoms with Gasteiger partial charge >= 0.3 is 5.97 Å². The first-order chi connectivity index (χ1) is 7.22. The van der Waals surface area contributed by atoms with E-state index in [9.17, 15) is 9.59 Å². The van der Waals surface area contributed by atoms with Gasteiger partial charge in [0.2, 0.25) is 0 Å². The lowest BCUT2D eigenvalue weighted by molar-refractivity contribution is -0.143. The van der Waals surface area contributed by atoms with E-state index in [0.29, 0.717) is 18.8 Å². The third-order valence-electron chi connectivity index (χ3n) is 2.59. The van der Waals surface area contributed by atoms with Crippen LogP contribution in [0.15, 0.2) is 18.3 Å². The van der Waals surface area contributed by atoms with Gasteiger partial charge in [0, 0.05) is 12.7 Å². The molecule has 0 radical (unpaired) electrons. The van der Waals surface area contributed by atoms with Crippen molar-refractivity contribution in [3.8, 4) is 0 Å². The van der Waals surface area contributed by atoms with E-state index in [-0.39, 0.29) is 24.1 Å². The molecule has 1 aliphatic rings. The Morgan fingerprint density at radius 3 is 3.13 bits per heavy atom. The molecule has 0 saturated carbocycles. The molecule has 0 bridgehead atoms. The summed E-state index contributed by atoms with van der Waals surface area (Å²) < 4.78 is 6.71. The van der Waals surface area contributed by atoms with Gasteiger partial charge in [0.15, 0.2) is 5.78 Å². The van der Waals surface area contributed by atoms with Crippen LogP contribution in [0.4, 0.5) is 0 Å². The summed E-state index contributed by atoms with van der Waals surface area (Å²) in [7, 11) is 0. The van der Waals surface area contributed by atoms with Gasteiger partial charge < -0.3 is 9.30 Å². The van der Waals surface area contributed by atoms with Crippen molar-refractivity contribution in [1.82, 2.24) is 4.57 Å². The van der Waals surface area contributed by atoms with Crippen LogP contribution in [0.1, 0.15) is 23.8 Å². The predicted molar refractivity (Wildman–Crippen MR) is 53.5 cm³/mol. The Morgan fingerprint density at radius 2 is 2.47 bits per heavy atom. The third kappa shape index (κ3) is 1.79. The Bertz CT molecular complexity index is 394. The average molecular weight is 207 g/mol. The summed E-state index contributed by atoms with van der Waals surface area (Å²) in [5.74, 6) is -0.477. The second-order valence-corrected chi connectivity index (χ2v) is 3.62. The first-order valence-electron chi connectivity index (χ1n) is 5.07. The van der Waals surface area contributed by atoms with Gasteiger partial charge in [0.05, 0.1) is 24.6 Å². The first-order valence-corrected chi connectivity index (χ1v) is 5.07. The molecule has 0 amide bonds. The third-order valence-corrected chi connectivity index (χ3v) is 2.59. The normalized spacial score (nSPS) is 19.0. The summed E-state index contributed by atoms with van der Waals surface area (Å²) >= 11 is 0. The maximum absolute atomic E-state index is 11.8. The summed E-state index contributed by atoms with van der Waals surface area (Å²) in [6.45, 7) is 2.73. The van der Waals surface area contributed by atoms with Crippen molar-refractivity contribution in [3.63, 3.8) is 0 Å². The zero-order valence-electron chi connectivity index (χ0n) is 8.60. The highest BCUT2D eigenvalue weighted by molar-refractivity contribution is 5.99. The lowest BCUT2D eigenvalue weighted by Gasteiger charge is -2.06. The van der Waals surface area contributed by atoms with Crippen molar-refractivity contribution in [1.29, 1.82) is 0 Å². The number of carbonyl (C=O) groups is 2. The fraction of sp³-hybridized carbons (Fsp3) is 0.455. The molecule has 80 valence electrons. The molecule has 1 aliphatic heterocycles. The molecule has 1 atom stereocenters. The van der Waals surface area contributed by atoms with Gasteiger partial charge in [-0.15, -0.1) is 0 Å². The molecule has 1 aromatic rings. The average Bonchev–Trinajstić information content (AvgIpc) is 2.72. The number of nitrogens with zero attached hydrogens (tertiary/aromatic N) is 1. The highest BCUT2D eigenvalue weighted by atomic mass is 16.5. The monoisotopic (exact) mass is 207 g/mol. The molecule has 0 saturated heterocycles. The number of rotatable bonds is 3. The quantitative estimate of drug-likeness (QED) is 0.701. The number of Topliss-reactive ketones (excluding diaryl/α,β-unsaturated/α-hetero) is 1. The highest BCUT2D eigenvalue weighted by Gasteiger charge is 2.31. The molecule has 4 heteroatoms. The molecule has 2 rings (SSSR count). The van der Waals surface area contributed by atoms with Crippen LogP contribution >= 0.6 is 0 Å². The van der Waals surface area contributed by atoms with Gasteiger partial charge in [0.25, 0.3) is 0 Å². The minimum atomic E-state index is -0.290. The molecule has 1 aromatic heterocycles. The number of hydrogen-bond donors (Lipinski definition) is 0. The number of esters is 1. The summed E-state index contributed by atoms with van der Waals surface area (Å²) in [5.41, 5.74) is 0.698. The van der Waals surface area contributed by atoms with Gasteiger partial charge in [-0.25, -0.2) is 0 Å². The number of aromatic nitrogens is 1. The van der Waals surface area contributed by atoms with Crippen LogP contribution in [0, 0.1) is 5.92 Å². The Morgan fingerprint density at radius 1 is 1.67 bits per heavy atom.